The van der Waals surface area contributed by atoms with Gasteiger partial charge in [0.15, 0.2) is 0 Å². The summed E-state index contributed by atoms with van der Waals surface area (Å²) >= 11 is 6.36. The number of fused-ring (bicyclic) bond motifs is 1. The Morgan fingerprint density at radius 1 is 1.03 bits per heavy atom. The molecule has 1 heterocycles. The van der Waals surface area contributed by atoms with E-state index < -0.39 is 11.9 Å². The third-order valence-corrected chi connectivity index (χ3v) is 6.22. The van der Waals surface area contributed by atoms with E-state index in [1.807, 2.05) is 12.1 Å². The molecule has 36 heavy (non-hydrogen) atoms. The van der Waals surface area contributed by atoms with Crippen molar-refractivity contribution >= 4 is 23.5 Å². The normalized spacial score (nSPS) is 14.2. The largest absolute Gasteiger partial charge is 0.497 e. The maximum atomic E-state index is 12.6. The highest BCUT2D eigenvalue weighted by molar-refractivity contribution is 6.32. The van der Waals surface area contributed by atoms with Crippen molar-refractivity contribution in [3.63, 3.8) is 0 Å². The molecule has 0 spiro atoms. The summed E-state index contributed by atoms with van der Waals surface area (Å²) in [6.45, 7) is 0.738. The first-order valence-corrected chi connectivity index (χ1v) is 11.7. The zero-order valence-electron chi connectivity index (χ0n) is 19.9. The number of carbonyl (C=O) groups excluding carboxylic acids is 1. The summed E-state index contributed by atoms with van der Waals surface area (Å²) in [5, 5.41) is 12.6. The number of carboxylic acids is 1. The van der Waals surface area contributed by atoms with E-state index in [0.29, 0.717) is 65.9 Å². The second-order valence-electron chi connectivity index (χ2n) is 8.16. The van der Waals surface area contributed by atoms with E-state index in [9.17, 15) is 14.7 Å². The maximum absolute atomic E-state index is 12.6. The van der Waals surface area contributed by atoms with Crippen LogP contribution >= 0.6 is 11.6 Å². The molecule has 0 unspecified atom stereocenters. The van der Waals surface area contributed by atoms with Gasteiger partial charge in [0.2, 0.25) is 0 Å². The summed E-state index contributed by atoms with van der Waals surface area (Å²) in [5.41, 5.74) is 1.97. The fourth-order valence-electron chi connectivity index (χ4n) is 4.00. The van der Waals surface area contributed by atoms with Crippen molar-refractivity contribution in [2.24, 2.45) is 0 Å². The van der Waals surface area contributed by atoms with E-state index in [-0.39, 0.29) is 10.9 Å². The molecule has 1 atom stereocenters. The van der Waals surface area contributed by atoms with E-state index in [0.717, 1.165) is 5.56 Å². The summed E-state index contributed by atoms with van der Waals surface area (Å²) in [7, 11) is 3.19. The molecule has 188 valence electrons. The molecule has 0 saturated carbocycles. The van der Waals surface area contributed by atoms with Gasteiger partial charge in [0, 0.05) is 29.8 Å². The number of aliphatic carboxylic acids is 1. The quantitative estimate of drug-likeness (QED) is 0.413. The average Bonchev–Trinajstić information content (AvgIpc) is 2.89. The zero-order valence-corrected chi connectivity index (χ0v) is 20.6. The molecule has 2 N–H and O–H groups in total. The highest BCUT2D eigenvalue weighted by Crippen LogP contribution is 2.41. The summed E-state index contributed by atoms with van der Waals surface area (Å²) in [6, 6.07) is 15.4. The van der Waals surface area contributed by atoms with E-state index in [1.54, 1.807) is 56.7 Å². The van der Waals surface area contributed by atoms with Gasteiger partial charge in [-0.1, -0.05) is 17.7 Å². The van der Waals surface area contributed by atoms with Gasteiger partial charge in [0.25, 0.3) is 5.91 Å². The SMILES string of the molecule is COc1ccc(CCNC(=O)c2ccc(Oc3cc4c(cc3Cl)[C@@H](C(=O)O)CCO4)cc2)c(OC)c1. The second kappa shape index (κ2) is 11.2. The number of hydrogen-bond acceptors (Lipinski definition) is 6. The molecule has 1 aliphatic heterocycles. The summed E-state index contributed by atoms with van der Waals surface area (Å²) in [6.07, 6.45) is 0.984. The van der Waals surface area contributed by atoms with Crippen molar-refractivity contribution in [2.75, 3.05) is 27.4 Å². The van der Waals surface area contributed by atoms with Gasteiger partial charge < -0.3 is 29.4 Å². The van der Waals surface area contributed by atoms with Crippen molar-refractivity contribution in [3.05, 3.63) is 76.3 Å². The molecule has 1 amide bonds. The molecule has 3 aromatic carbocycles. The monoisotopic (exact) mass is 511 g/mol. The number of hydrogen-bond donors (Lipinski definition) is 2. The molecule has 9 heteroatoms. The number of amides is 1. The van der Waals surface area contributed by atoms with Crippen LogP contribution in [0.2, 0.25) is 5.02 Å². The first-order valence-electron chi connectivity index (χ1n) is 11.4. The van der Waals surface area contributed by atoms with E-state index in [1.165, 1.54) is 0 Å². The molecule has 0 saturated heterocycles. The second-order valence-corrected chi connectivity index (χ2v) is 8.57. The standard InChI is InChI=1S/C27H26ClNO7/c1-33-19-8-3-16(23(13-19)34-2)9-11-29-26(30)17-4-6-18(7-5-17)36-25-15-24-21(14-22(25)28)20(27(31)32)10-12-35-24/h3-8,13-15,20H,9-12H2,1-2H3,(H,29,30)(H,31,32)/t20-/m0/s1. The van der Waals surface area contributed by atoms with E-state index >= 15 is 0 Å². The summed E-state index contributed by atoms with van der Waals surface area (Å²) in [4.78, 5) is 24.1. The van der Waals surface area contributed by atoms with Gasteiger partial charge in [0.05, 0.1) is 31.8 Å². The average molecular weight is 512 g/mol. The van der Waals surface area contributed by atoms with Gasteiger partial charge in [-0.2, -0.15) is 0 Å². The highest BCUT2D eigenvalue weighted by atomic mass is 35.5. The minimum atomic E-state index is -0.915. The number of rotatable bonds is 9. The fourth-order valence-corrected chi connectivity index (χ4v) is 4.21. The lowest BCUT2D eigenvalue weighted by Crippen LogP contribution is -2.25. The van der Waals surface area contributed by atoms with E-state index in [2.05, 4.69) is 5.32 Å². The lowest BCUT2D eigenvalue weighted by molar-refractivity contribution is -0.139. The molecule has 0 fully saturated rings. The number of ether oxygens (including phenoxy) is 4. The molecule has 0 aliphatic carbocycles. The lowest BCUT2D eigenvalue weighted by atomic mass is 9.93. The number of methoxy groups -OCH3 is 2. The van der Waals surface area contributed by atoms with E-state index in [4.69, 9.17) is 30.5 Å². The Labute approximate surface area is 213 Å². The van der Waals surface area contributed by atoms with Crippen molar-refractivity contribution in [3.8, 4) is 28.7 Å². The van der Waals surface area contributed by atoms with Crippen LogP contribution in [0.1, 0.15) is 33.8 Å². The summed E-state index contributed by atoms with van der Waals surface area (Å²) in [5.74, 6) is 0.871. The van der Waals surface area contributed by atoms with Crippen LogP contribution in [0.25, 0.3) is 0 Å². The number of nitrogens with one attached hydrogen (secondary N) is 1. The highest BCUT2D eigenvalue weighted by Gasteiger charge is 2.29. The third kappa shape index (κ3) is 5.66. The predicted molar refractivity (Wildman–Crippen MR) is 134 cm³/mol. The Morgan fingerprint density at radius 3 is 2.47 bits per heavy atom. The first-order chi connectivity index (χ1) is 17.4. The van der Waals surface area contributed by atoms with Gasteiger partial charge in [0.1, 0.15) is 28.7 Å². The number of carbonyl (C=O) groups is 2. The molecular weight excluding hydrogens is 486 g/mol. The van der Waals surface area contributed by atoms with Crippen molar-refractivity contribution in [1.82, 2.24) is 5.32 Å². The predicted octanol–water partition coefficient (Wildman–Crippen LogP) is 5.07. The smallest absolute Gasteiger partial charge is 0.311 e. The topological polar surface area (TPSA) is 103 Å². The Kier molecular flexibility index (Phi) is 7.85. The number of benzene rings is 3. The van der Waals surface area contributed by atoms with Crippen LogP contribution in [0.5, 0.6) is 28.7 Å². The van der Waals surface area contributed by atoms with Gasteiger partial charge >= 0.3 is 5.97 Å². The minimum absolute atomic E-state index is 0.214. The van der Waals surface area contributed by atoms with Crippen LogP contribution in [0.3, 0.4) is 0 Å². The molecule has 0 radical (unpaired) electrons. The molecule has 4 rings (SSSR count). The lowest BCUT2D eigenvalue weighted by Gasteiger charge is -2.24. The van der Waals surface area contributed by atoms with Gasteiger partial charge in [-0.3, -0.25) is 9.59 Å². The van der Waals surface area contributed by atoms with Crippen molar-refractivity contribution in [1.29, 1.82) is 0 Å². The first kappa shape index (κ1) is 25.2. The number of carboxylic acid groups (broad SMARTS) is 1. The molecule has 3 aromatic rings. The minimum Gasteiger partial charge on any atom is -0.497 e. The van der Waals surface area contributed by atoms with Crippen molar-refractivity contribution in [2.45, 2.75) is 18.8 Å². The zero-order chi connectivity index (χ0) is 25.7. The maximum Gasteiger partial charge on any atom is 0.311 e. The van der Waals surface area contributed by atoms with Crippen LogP contribution in [-0.2, 0) is 11.2 Å². The molecule has 0 aromatic heterocycles. The van der Waals surface area contributed by atoms with Crippen LogP contribution in [-0.4, -0.2) is 44.4 Å². The fraction of sp³-hybridized carbons (Fsp3) is 0.259. The van der Waals surface area contributed by atoms with Crippen LogP contribution < -0.4 is 24.3 Å². The Morgan fingerprint density at radius 2 is 1.78 bits per heavy atom. The Bertz CT molecular complexity index is 1260. The molecule has 0 bridgehead atoms. The summed E-state index contributed by atoms with van der Waals surface area (Å²) < 4.78 is 22.1. The molecule has 8 nitrogen and oxygen atoms in total. The van der Waals surface area contributed by atoms with Gasteiger partial charge in [-0.05, 0) is 54.8 Å². The molecule has 1 aliphatic rings. The molecular formula is C27H26ClNO7. The Balaban J connectivity index is 1.37. The van der Waals surface area contributed by atoms with Gasteiger partial charge in [-0.25, -0.2) is 0 Å². The third-order valence-electron chi connectivity index (χ3n) is 5.92. The van der Waals surface area contributed by atoms with Crippen LogP contribution in [0.15, 0.2) is 54.6 Å². The van der Waals surface area contributed by atoms with Crippen LogP contribution in [0, 0.1) is 0 Å². The Hall–Kier alpha value is -3.91. The van der Waals surface area contributed by atoms with Gasteiger partial charge in [-0.15, -0.1) is 0 Å². The van der Waals surface area contributed by atoms with Crippen molar-refractivity contribution < 1.29 is 33.6 Å². The van der Waals surface area contributed by atoms with Crippen LogP contribution in [0.4, 0.5) is 0 Å². The number of halogens is 1.